The Labute approximate surface area is 149 Å². The molecule has 4 rings (SSSR count). The second kappa shape index (κ2) is 7.28. The Hall–Kier alpha value is -2.32. The van der Waals surface area contributed by atoms with Gasteiger partial charge in [-0.1, -0.05) is 18.6 Å². The van der Waals surface area contributed by atoms with Gasteiger partial charge in [0.05, 0.1) is 16.9 Å². The number of fused-ring (bicyclic) bond motifs is 1. The summed E-state index contributed by atoms with van der Waals surface area (Å²) in [5.41, 5.74) is 4.07. The van der Waals surface area contributed by atoms with Crippen LogP contribution in [0.2, 0.25) is 0 Å². The molecule has 5 nitrogen and oxygen atoms in total. The number of likely N-dealkylation sites (tertiary alicyclic amines) is 1. The molecule has 1 N–H and O–H groups in total. The molecule has 3 heterocycles. The van der Waals surface area contributed by atoms with Gasteiger partial charge in [0.25, 0.3) is 0 Å². The van der Waals surface area contributed by atoms with Crippen LogP contribution < -0.4 is 5.32 Å². The predicted octanol–water partition coefficient (Wildman–Crippen LogP) is 3.48. The van der Waals surface area contributed by atoms with Gasteiger partial charge < -0.3 is 5.32 Å². The molecule has 0 saturated carbocycles. The van der Waals surface area contributed by atoms with Gasteiger partial charge in [-0.05, 0) is 57.3 Å². The lowest BCUT2D eigenvalue weighted by atomic mass is 10.1. The molecule has 0 aliphatic carbocycles. The van der Waals surface area contributed by atoms with E-state index in [1.807, 2.05) is 28.9 Å². The van der Waals surface area contributed by atoms with Crippen LogP contribution in [0, 0.1) is 11.3 Å². The number of rotatable bonds is 3. The molecule has 1 saturated heterocycles. The van der Waals surface area contributed by atoms with Crippen LogP contribution in [0.4, 0.5) is 5.82 Å². The van der Waals surface area contributed by atoms with E-state index in [9.17, 15) is 5.26 Å². The number of aromatic nitrogens is 2. The fourth-order valence-corrected chi connectivity index (χ4v) is 3.96. The Balaban J connectivity index is 1.75. The van der Waals surface area contributed by atoms with Crippen molar-refractivity contribution >= 4 is 5.82 Å². The van der Waals surface area contributed by atoms with Gasteiger partial charge in [-0.15, -0.1) is 0 Å². The van der Waals surface area contributed by atoms with Gasteiger partial charge >= 0.3 is 0 Å². The molecule has 25 heavy (non-hydrogen) atoms. The first-order valence-electron chi connectivity index (χ1n) is 9.43. The first-order valence-corrected chi connectivity index (χ1v) is 9.43. The Bertz CT molecular complexity index is 780. The maximum absolute atomic E-state index is 9.49. The molecule has 0 spiro atoms. The van der Waals surface area contributed by atoms with Gasteiger partial charge in [0, 0.05) is 18.7 Å². The molecular weight excluding hydrogens is 310 g/mol. The first-order chi connectivity index (χ1) is 12.4. The van der Waals surface area contributed by atoms with Crippen molar-refractivity contribution in [1.82, 2.24) is 14.7 Å². The minimum Gasteiger partial charge on any atom is -0.370 e. The fourth-order valence-electron chi connectivity index (χ4n) is 3.96. The second-order valence-electron chi connectivity index (χ2n) is 7.04. The van der Waals surface area contributed by atoms with E-state index in [0.29, 0.717) is 5.56 Å². The van der Waals surface area contributed by atoms with E-state index in [4.69, 9.17) is 5.10 Å². The monoisotopic (exact) mass is 335 g/mol. The molecule has 2 aliphatic rings. The van der Waals surface area contributed by atoms with Crippen LogP contribution in [-0.4, -0.2) is 34.3 Å². The van der Waals surface area contributed by atoms with Crippen molar-refractivity contribution in [3.63, 3.8) is 0 Å². The van der Waals surface area contributed by atoms with Gasteiger partial charge in [-0.3, -0.25) is 4.90 Å². The Morgan fingerprint density at radius 1 is 1.08 bits per heavy atom. The van der Waals surface area contributed by atoms with Gasteiger partial charge in [0.15, 0.2) is 0 Å². The van der Waals surface area contributed by atoms with E-state index in [1.54, 1.807) is 0 Å². The summed E-state index contributed by atoms with van der Waals surface area (Å²) in [7, 11) is 0. The predicted molar refractivity (Wildman–Crippen MR) is 98.8 cm³/mol. The first kappa shape index (κ1) is 16.2. The average molecular weight is 335 g/mol. The van der Waals surface area contributed by atoms with Crippen LogP contribution in [0.3, 0.4) is 0 Å². The maximum Gasteiger partial charge on any atom is 0.133 e. The number of hydrogen-bond acceptors (Lipinski definition) is 4. The molecule has 1 fully saturated rings. The van der Waals surface area contributed by atoms with Crippen LogP contribution in [-0.2, 0) is 13.0 Å². The number of anilines is 1. The van der Waals surface area contributed by atoms with Gasteiger partial charge in [0.2, 0.25) is 0 Å². The van der Waals surface area contributed by atoms with Crippen LogP contribution >= 0.6 is 0 Å². The molecule has 2 aliphatic heterocycles. The fraction of sp³-hybridized carbons (Fsp3) is 0.500. The molecule has 1 aromatic carbocycles. The second-order valence-corrected chi connectivity index (χ2v) is 7.04. The number of nitrogens with zero attached hydrogens (tertiary/aromatic N) is 4. The third-order valence-electron chi connectivity index (χ3n) is 5.29. The molecule has 0 radical (unpaired) electrons. The summed E-state index contributed by atoms with van der Waals surface area (Å²) >= 11 is 0. The molecular formula is C20H25N5. The summed E-state index contributed by atoms with van der Waals surface area (Å²) in [5, 5.41) is 18.0. The van der Waals surface area contributed by atoms with Crippen LogP contribution in [0.5, 0.6) is 0 Å². The summed E-state index contributed by atoms with van der Waals surface area (Å²) < 4.78 is 1.97. The quantitative estimate of drug-likeness (QED) is 0.933. The zero-order chi connectivity index (χ0) is 17.1. The Kier molecular flexibility index (Phi) is 4.71. The normalized spacial score (nSPS) is 18.0. The summed E-state index contributed by atoms with van der Waals surface area (Å²) in [5.74, 6) is 1.09. The smallest absolute Gasteiger partial charge is 0.133 e. The summed E-state index contributed by atoms with van der Waals surface area (Å²) in [6, 6.07) is 10.0. The highest BCUT2D eigenvalue weighted by Gasteiger charge is 2.23. The molecule has 0 unspecified atom stereocenters. The Morgan fingerprint density at radius 3 is 2.76 bits per heavy atom. The highest BCUT2D eigenvalue weighted by Crippen LogP contribution is 2.30. The van der Waals surface area contributed by atoms with E-state index < -0.39 is 0 Å². The van der Waals surface area contributed by atoms with Gasteiger partial charge in [-0.25, -0.2) is 4.68 Å². The van der Waals surface area contributed by atoms with Crippen molar-refractivity contribution in [3.8, 4) is 11.8 Å². The third kappa shape index (κ3) is 3.27. The largest absolute Gasteiger partial charge is 0.370 e. The standard InChI is InChI=1S/C20H25N5/c21-14-16-8-2-3-10-19(16)25-20-17(9-4-5-11-22-20)18(23-25)15-24-12-6-1-7-13-24/h2-3,8,10,22H,1,4-7,9,11-13,15H2. The summed E-state index contributed by atoms with van der Waals surface area (Å²) in [6.45, 7) is 4.23. The molecule has 0 bridgehead atoms. The lowest BCUT2D eigenvalue weighted by Gasteiger charge is -2.25. The van der Waals surface area contributed by atoms with E-state index in [0.717, 1.165) is 31.0 Å². The van der Waals surface area contributed by atoms with E-state index in [-0.39, 0.29) is 0 Å². The van der Waals surface area contributed by atoms with Crippen molar-refractivity contribution in [2.45, 2.75) is 45.1 Å². The topological polar surface area (TPSA) is 56.9 Å². The van der Waals surface area contributed by atoms with Crippen molar-refractivity contribution in [2.75, 3.05) is 25.0 Å². The van der Waals surface area contributed by atoms with Crippen molar-refractivity contribution in [2.24, 2.45) is 0 Å². The Morgan fingerprint density at radius 2 is 1.92 bits per heavy atom. The summed E-state index contributed by atoms with van der Waals surface area (Å²) in [6.07, 6.45) is 7.37. The van der Waals surface area contributed by atoms with Crippen LogP contribution in [0.1, 0.15) is 48.9 Å². The molecule has 130 valence electrons. The SMILES string of the molecule is N#Cc1ccccc1-n1nc(CN2CCCCC2)c2c1NCCCC2. The van der Waals surface area contributed by atoms with E-state index in [2.05, 4.69) is 16.3 Å². The molecule has 0 atom stereocenters. The molecule has 0 amide bonds. The maximum atomic E-state index is 9.49. The number of hydrogen-bond donors (Lipinski definition) is 1. The number of piperidine rings is 1. The molecule has 1 aromatic heterocycles. The van der Waals surface area contributed by atoms with Crippen molar-refractivity contribution in [1.29, 1.82) is 5.26 Å². The van der Waals surface area contributed by atoms with Crippen molar-refractivity contribution < 1.29 is 0 Å². The number of para-hydroxylation sites is 1. The zero-order valence-corrected chi connectivity index (χ0v) is 14.7. The third-order valence-corrected chi connectivity index (χ3v) is 5.29. The lowest BCUT2D eigenvalue weighted by molar-refractivity contribution is 0.217. The van der Waals surface area contributed by atoms with Gasteiger partial charge in [0.1, 0.15) is 11.9 Å². The van der Waals surface area contributed by atoms with E-state index >= 15 is 0 Å². The van der Waals surface area contributed by atoms with E-state index in [1.165, 1.54) is 56.5 Å². The van der Waals surface area contributed by atoms with Crippen molar-refractivity contribution in [3.05, 3.63) is 41.1 Å². The number of nitrogens with one attached hydrogen (secondary N) is 1. The minimum atomic E-state index is 0.670. The number of benzene rings is 1. The minimum absolute atomic E-state index is 0.670. The highest BCUT2D eigenvalue weighted by molar-refractivity contribution is 5.58. The summed E-state index contributed by atoms with van der Waals surface area (Å²) in [4.78, 5) is 2.53. The lowest BCUT2D eigenvalue weighted by Crippen LogP contribution is -2.29. The van der Waals surface area contributed by atoms with Gasteiger partial charge in [-0.2, -0.15) is 10.4 Å². The molecule has 2 aromatic rings. The highest BCUT2D eigenvalue weighted by atomic mass is 15.3. The van der Waals surface area contributed by atoms with Crippen LogP contribution in [0.15, 0.2) is 24.3 Å². The number of nitriles is 1. The average Bonchev–Trinajstić information content (AvgIpc) is 2.84. The molecule has 5 heteroatoms. The zero-order valence-electron chi connectivity index (χ0n) is 14.7. The van der Waals surface area contributed by atoms with Crippen LogP contribution in [0.25, 0.3) is 5.69 Å².